The van der Waals surface area contributed by atoms with Crippen LogP contribution in [-0.2, 0) is 4.74 Å². The fourth-order valence-corrected chi connectivity index (χ4v) is 2.43. The van der Waals surface area contributed by atoms with Crippen molar-refractivity contribution in [3.05, 3.63) is 29.8 Å². The Labute approximate surface area is 140 Å². The lowest BCUT2D eigenvalue weighted by Gasteiger charge is -2.36. The summed E-state index contributed by atoms with van der Waals surface area (Å²) < 4.78 is 5.43. The molecule has 0 spiro atoms. The average molecular weight is 336 g/mol. The van der Waals surface area contributed by atoms with Gasteiger partial charge in [-0.25, -0.2) is 0 Å². The van der Waals surface area contributed by atoms with Crippen LogP contribution in [0.4, 0.5) is 5.69 Å². The first-order valence-electron chi connectivity index (χ1n) is 7.11. The predicted molar refractivity (Wildman–Crippen MR) is 94.2 cm³/mol. The van der Waals surface area contributed by atoms with Crippen molar-refractivity contribution in [1.82, 2.24) is 4.90 Å². The van der Waals surface area contributed by atoms with Crippen LogP contribution >= 0.6 is 24.8 Å². The van der Waals surface area contributed by atoms with E-state index in [0.717, 1.165) is 39.3 Å². The number of rotatable bonds is 6. The molecule has 2 rings (SSSR count). The Balaban J connectivity index is 0.00000200. The molecule has 122 valence electrons. The number of hydrogen-bond donors (Lipinski definition) is 1. The second-order valence-electron chi connectivity index (χ2n) is 5.07. The highest BCUT2D eigenvalue weighted by Crippen LogP contribution is 2.17. The zero-order valence-corrected chi connectivity index (χ0v) is 14.3. The predicted octanol–water partition coefficient (Wildman–Crippen LogP) is 1.94. The van der Waals surface area contributed by atoms with E-state index < -0.39 is 0 Å². The molecule has 0 aliphatic carbocycles. The first-order valence-corrected chi connectivity index (χ1v) is 7.11. The summed E-state index contributed by atoms with van der Waals surface area (Å²) in [6.45, 7) is 9.66. The minimum atomic E-state index is 0. The van der Waals surface area contributed by atoms with Gasteiger partial charge in [-0.3, -0.25) is 4.90 Å². The van der Waals surface area contributed by atoms with E-state index in [-0.39, 0.29) is 24.8 Å². The number of halogens is 2. The van der Waals surface area contributed by atoms with Crippen LogP contribution in [0.15, 0.2) is 24.3 Å². The Morgan fingerprint density at radius 2 is 1.81 bits per heavy atom. The lowest BCUT2D eigenvalue weighted by molar-refractivity contribution is 0.107. The largest absolute Gasteiger partial charge is 0.379 e. The maximum absolute atomic E-state index is 5.43. The summed E-state index contributed by atoms with van der Waals surface area (Å²) >= 11 is 0. The number of benzene rings is 1. The lowest BCUT2D eigenvalue weighted by atomic mass is 10.2. The third-order valence-corrected chi connectivity index (χ3v) is 3.55. The molecule has 2 N–H and O–H groups in total. The summed E-state index contributed by atoms with van der Waals surface area (Å²) in [4.78, 5) is 4.92. The van der Waals surface area contributed by atoms with Gasteiger partial charge in [-0.05, 0) is 24.6 Å². The summed E-state index contributed by atoms with van der Waals surface area (Å²) in [5.41, 5.74) is 8.07. The molecule has 21 heavy (non-hydrogen) atoms. The molecule has 1 saturated heterocycles. The van der Waals surface area contributed by atoms with E-state index in [9.17, 15) is 0 Å². The average Bonchev–Trinajstić information content (AvgIpc) is 2.44. The molecule has 1 aromatic rings. The smallest absolute Gasteiger partial charge is 0.0594 e. The molecule has 1 aliphatic rings. The maximum Gasteiger partial charge on any atom is 0.0594 e. The monoisotopic (exact) mass is 335 g/mol. The van der Waals surface area contributed by atoms with Crippen LogP contribution in [-0.4, -0.2) is 57.4 Å². The number of ether oxygens (including phenoxy) is 1. The molecule has 0 bridgehead atoms. The van der Waals surface area contributed by atoms with Gasteiger partial charge in [0.15, 0.2) is 0 Å². The first kappa shape index (κ1) is 20.5. The van der Waals surface area contributed by atoms with Crippen LogP contribution in [0.2, 0.25) is 0 Å². The molecule has 0 amide bonds. The molecule has 1 aliphatic heterocycles. The van der Waals surface area contributed by atoms with E-state index in [4.69, 9.17) is 10.5 Å². The Hall–Kier alpha value is -0.520. The lowest BCUT2D eigenvalue weighted by Crippen LogP contribution is -2.47. The van der Waals surface area contributed by atoms with Crippen LogP contribution < -0.4 is 10.6 Å². The van der Waals surface area contributed by atoms with Crippen molar-refractivity contribution in [3.8, 4) is 0 Å². The molecular formula is C15H27Cl2N3O. The van der Waals surface area contributed by atoms with Crippen LogP contribution in [0.1, 0.15) is 5.56 Å². The minimum absolute atomic E-state index is 0. The van der Waals surface area contributed by atoms with E-state index in [2.05, 4.69) is 41.0 Å². The Bertz CT molecular complexity index is 385. The Kier molecular flexibility index (Phi) is 10.8. The highest BCUT2D eigenvalue weighted by molar-refractivity contribution is 5.85. The third-order valence-electron chi connectivity index (χ3n) is 3.55. The molecule has 1 fully saturated rings. The molecule has 0 unspecified atom stereocenters. The van der Waals surface area contributed by atoms with Crippen LogP contribution in [0.25, 0.3) is 0 Å². The first-order chi connectivity index (χ1) is 9.29. The molecule has 1 aromatic carbocycles. The van der Waals surface area contributed by atoms with E-state index >= 15 is 0 Å². The zero-order chi connectivity index (χ0) is 13.5. The van der Waals surface area contributed by atoms with Gasteiger partial charge >= 0.3 is 0 Å². The minimum Gasteiger partial charge on any atom is -0.379 e. The maximum atomic E-state index is 5.43. The molecule has 4 nitrogen and oxygen atoms in total. The van der Waals surface area contributed by atoms with Crippen LogP contribution in [0.5, 0.6) is 0 Å². The fraction of sp³-hybridized carbons (Fsp3) is 0.600. The van der Waals surface area contributed by atoms with E-state index in [1.807, 2.05) is 0 Å². The van der Waals surface area contributed by atoms with Crippen molar-refractivity contribution >= 4 is 30.5 Å². The van der Waals surface area contributed by atoms with Gasteiger partial charge in [0.25, 0.3) is 0 Å². The van der Waals surface area contributed by atoms with Gasteiger partial charge in [-0.15, -0.1) is 24.8 Å². The number of nitrogens with two attached hydrogens (primary N) is 1. The van der Waals surface area contributed by atoms with Crippen molar-refractivity contribution in [2.45, 2.75) is 6.92 Å². The Morgan fingerprint density at radius 1 is 1.10 bits per heavy atom. The van der Waals surface area contributed by atoms with Gasteiger partial charge in [-0.1, -0.05) is 12.1 Å². The number of anilines is 1. The van der Waals surface area contributed by atoms with Gasteiger partial charge < -0.3 is 15.4 Å². The highest BCUT2D eigenvalue weighted by Gasteiger charge is 2.16. The SMILES string of the molecule is Cc1cccc(N2CCN(CCOCCN)CC2)c1.Cl.Cl. The molecule has 0 saturated carbocycles. The van der Waals surface area contributed by atoms with E-state index in [0.29, 0.717) is 13.2 Å². The van der Waals surface area contributed by atoms with Gasteiger partial charge in [0.05, 0.1) is 13.2 Å². The summed E-state index contributed by atoms with van der Waals surface area (Å²) in [5, 5.41) is 0. The quantitative estimate of drug-likeness (QED) is 0.806. The summed E-state index contributed by atoms with van der Waals surface area (Å²) in [7, 11) is 0. The molecule has 0 radical (unpaired) electrons. The van der Waals surface area contributed by atoms with Crippen LogP contribution in [0, 0.1) is 6.92 Å². The molecule has 0 aromatic heterocycles. The van der Waals surface area contributed by atoms with Crippen molar-refractivity contribution in [1.29, 1.82) is 0 Å². The number of nitrogens with zero attached hydrogens (tertiary/aromatic N) is 2. The number of aryl methyl sites for hydroxylation is 1. The van der Waals surface area contributed by atoms with E-state index in [1.54, 1.807) is 0 Å². The molecule has 1 heterocycles. The molecule has 6 heteroatoms. The van der Waals surface area contributed by atoms with Gasteiger partial charge in [0.2, 0.25) is 0 Å². The van der Waals surface area contributed by atoms with Crippen molar-refractivity contribution in [3.63, 3.8) is 0 Å². The second-order valence-corrected chi connectivity index (χ2v) is 5.07. The van der Waals surface area contributed by atoms with E-state index in [1.165, 1.54) is 11.3 Å². The van der Waals surface area contributed by atoms with Crippen molar-refractivity contribution < 1.29 is 4.74 Å². The van der Waals surface area contributed by atoms with Gasteiger partial charge in [-0.2, -0.15) is 0 Å². The summed E-state index contributed by atoms with van der Waals surface area (Å²) in [5.74, 6) is 0. The normalized spacial score (nSPS) is 15.2. The summed E-state index contributed by atoms with van der Waals surface area (Å²) in [6.07, 6.45) is 0. The van der Waals surface area contributed by atoms with Gasteiger partial charge in [0, 0.05) is 45.0 Å². The van der Waals surface area contributed by atoms with Crippen molar-refractivity contribution in [2.24, 2.45) is 5.73 Å². The molecule has 0 atom stereocenters. The fourth-order valence-electron chi connectivity index (χ4n) is 2.43. The zero-order valence-electron chi connectivity index (χ0n) is 12.7. The Morgan fingerprint density at radius 3 is 2.43 bits per heavy atom. The van der Waals surface area contributed by atoms with Gasteiger partial charge in [0.1, 0.15) is 0 Å². The number of piperazine rings is 1. The summed E-state index contributed by atoms with van der Waals surface area (Å²) in [6, 6.07) is 8.75. The topological polar surface area (TPSA) is 41.7 Å². The third kappa shape index (κ3) is 6.85. The number of hydrogen-bond acceptors (Lipinski definition) is 4. The highest BCUT2D eigenvalue weighted by atomic mass is 35.5. The second kappa shape index (κ2) is 11.1. The van der Waals surface area contributed by atoms with Crippen LogP contribution in [0.3, 0.4) is 0 Å². The molecular weight excluding hydrogens is 309 g/mol. The van der Waals surface area contributed by atoms with Crippen molar-refractivity contribution in [2.75, 3.05) is 57.4 Å². The standard InChI is InChI=1S/C15H25N3O.2ClH/c1-14-3-2-4-15(13-14)18-8-6-17(7-9-18)10-12-19-11-5-16;;/h2-4,13H,5-12,16H2,1H3;2*1H.